The normalized spacial score (nSPS) is 10.4. The zero-order valence-corrected chi connectivity index (χ0v) is 17.9. The van der Waals surface area contributed by atoms with E-state index in [1.54, 1.807) is 36.4 Å². The minimum atomic E-state index is -0.413. The van der Waals surface area contributed by atoms with Crippen LogP contribution in [0.3, 0.4) is 0 Å². The van der Waals surface area contributed by atoms with Gasteiger partial charge in [0.1, 0.15) is 17.2 Å². The van der Waals surface area contributed by atoms with E-state index in [1.807, 2.05) is 24.3 Å². The number of carbonyl (C=O) groups excluding carboxylic acids is 1. The maximum atomic E-state index is 12.4. The van der Waals surface area contributed by atoms with Crippen LogP contribution in [-0.4, -0.2) is 11.0 Å². The maximum absolute atomic E-state index is 12.4. The smallest absolute Gasteiger partial charge is 0.259 e. The van der Waals surface area contributed by atoms with Crippen LogP contribution in [0.5, 0.6) is 17.2 Å². The van der Waals surface area contributed by atoms with Crippen LogP contribution in [-0.2, 0) is 0 Å². The molecule has 3 aromatic rings. The van der Waals surface area contributed by atoms with Gasteiger partial charge < -0.3 is 15.2 Å². The standard InChI is InChI=1S/C19H12Br3NO3/c20-11-9-14(18(24)16(22)10-11)19(25)23-12-5-7-13(8-6-12)26-17-4-2-1-3-15(17)21/h1-10,24H,(H,23,25). The van der Waals surface area contributed by atoms with Gasteiger partial charge >= 0.3 is 0 Å². The summed E-state index contributed by atoms with van der Waals surface area (Å²) in [6, 6.07) is 17.7. The second-order valence-electron chi connectivity index (χ2n) is 5.29. The molecule has 0 heterocycles. The van der Waals surface area contributed by atoms with E-state index in [0.29, 0.717) is 26.1 Å². The Morgan fingerprint density at radius 1 is 0.923 bits per heavy atom. The fraction of sp³-hybridized carbons (Fsp3) is 0. The van der Waals surface area contributed by atoms with Gasteiger partial charge in [-0.25, -0.2) is 0 Å². The van der Waals surface area contributed by atoms with Crippen molar-refractivity contribution in [3.63, 3.8) is 0 Å². The Hall–Kier alpha value is -1.83. The summed E-state index contributed by atoms with van der Waals surface area (Å²) >= 11 is 9.96. The molecule has 4 nitrogen and oxygen atoms in total. The third kappa shape index (κ3) is 4.47. The van der Waals surface area contributed by atoms with Crippen LogP contribution in [0.2, 0.25) is 0 Å². The zero-order chi connectivity index (χ0) is 18.7. The largest absolute Gasteiger partial charge is 0.506 e. The van der Waals surface area contributed by atoms with Crippen molar-refractivity contribution in [2.24, 2.45) is 0 Å². The Morgan fingerprint density at radius 2 is 1.62 bits per heavy atom. The van der Waals surface area contributed by atoms with Crippen LogP contribution in [0.25, 0.3) is 0 Å². The lowest BCUT2D eigenvalue weighted by atomic mass is 10.2. The van der Waals surface area contributed by atoms with E-state index in [4.69, 9.17) is 4.74 Å². The number of carbonyl (C=O) groups is 1. The van der Waals surface area contributed by atoms with Gasteiger partial charge in [-0.1, -0.05) is 28.1 Å². The molecular formula is C19H12Br3NO3. The number of phenolic OH excluding ortho intramolecular Hbond substituents is 1. The number of rotatable bonds is 4. The Labute approximate surface area is 175 Å². The number of hydrogen-bond donors (Lipinski definition) is 2. The highest BCUT2D eigenvalue weighted by molar-refractivity contribution is 9.11. The van der Waals surface area contributed by atoms with Crippen molar-refractivity contribution in [1.82, 2.24) is 0 Å². The molecule has 3 aromatic carbocycles. The van der Waals surface area contributed by atoms with E-state index in [9.17, 15) is 9.90 Å². The number of para-hydroxylation sites is 1. The highest BCUT2D eigenvalue weighted by Crippen LogP contribution is 2.33. The predicted molar refractivity (Wildman–Crippen MR) is 112 cm³/mol. The van der Waals surface area contributed by atoms with Gasteiger partial charge in [0.25, 0.3) is 5.91 Å². The lowest BCUT2D eigenvalue weighted by Crippen LogP contribution is -2.12. The summed E-state index contributed by atoms with van der Waals surface area (Å²) in [5.41, 5.74) is 0.754. The molecule has 0 atom stereocenters. The number of benzene rings is 3. The summed E-state index contributed by atoms with van der Waals surface area (Å²) in [6.07, 6.45) is 0. The lowest BCUT2D eigenvalue weighted by Gasteiger charge is -2.10. The van der Waals surface area contributed by atoms with Crippen molar-refractivity contribution in [3.05, 3.63) is 79.6 Å². The van der Waals surface area contributed by atoms with E-state index in [-0.39, 0.29) is 11.3 Å². The molecule has 0 aliphatic heterocycles. The number of anilines is 1. The zero-order valence-electron chi connectivity index (χ0n) is 13.2. The molecule has 2 N–H and O–H groups in total. The predicted octanol–water partition coefficient (Wildman–Crippen LogP) is 6.72. The van der Waals surface area contributed by atoms with E-state index < -0.39 is 5.91 Å². The van der Waals surface area contributed by atoms with Gasteiger partial charge in [-0.05, 0) is 80.4 Å². The summed E-state index contributed by atoms with van der Waals surface area (Å²) < 4.78 is 7.77. The van der Waals surface area contributed by atoms with Gasteiger partial charge in [-0.15, -0.1) is 0 Å². The van der Waals surface area contributed by atoms with Gasteiger partial charge in [-0.3, -0.25) is 4.79 Å². The minimum Gasteiger partial charge on any atom is -0.506 e. The first-order valence-electron chi connectivity index (χ1n) is 7.46. The first-order chi connectivity index (χ1) is 12.4. The topological polar surface area (TPSA) is 58.6 Å². The summed E-state index contributed by atoms with van der Waals surface area (Å²) in [6.45, 7) is 0. The van der Waals surface area contributed by atoms with Crippen LogP contribution >= 0.6 is 47.8 Å². The molecule has 0 aliphatic carbocycles. The molecule has 1 amide bonds. The number of aromatic hydroxyl groups is 1. The average molecular weight is 542 g/mol. The molecule has 0 saturated carbocycles. The van der Waals surface area contributed by atoms with Gasteiger partial charge in [0, 0.05) is 10.2 Å². The molecule has 0 fully saturated rings. The quantitative estimate of drug-likeness (QED) is 0.385. The number of phenols is 1. The molecule has 0 radical (unpaired) electrons. The number of nitrogens with one attached hydrogen (secondary N) is 1. The molecule has 0 spiro atoms. The van der Waals surface area contributed by atoms with Crippen molar-refractivity contribution in [2.45, 2.75) is 0 Å². The average Bonchev–Trinajstić information content (AvgIpc) is 2.61. The van der Waals surface area contributed by atoms with Gasteiger partial charge in [-0.2, -0.15) is 0 Å². The molecule has 7 heteroatoms. The van der Waals surface area contributed by atoms with Crippen molar-refractivity contribution in [1.29, 1.82) is 0 Å². The third-order valence-corrected chi connectivity index (χ3v) is 5.17. The van der Waals surface area contributed by atoms with Crippen molar-refractivity contribution in [3.8, 4) is 17.2 Å². The second kappa shape index (κ2) is 8.24. The molecule has 0 aromatic heterocycles. The molecule has 0 bridgehead atoms. The van der Waals surface area contributed by atoms with Gasteiger partial charge in [0.05, 0.1) is 14.5 Å². The van der Waals surface area contributed by atoms with E-state index in [2.05, 4.69) is 53.1 Å². The first kappa shape index (κ1) is 18.9. The molecule has 0 unspecified atom stereocenters. The molecule has 26 heavy (non-hydrogen) atoms. The van der Waals surface area contributed by atoms with E-state index in [1.165, 1.54) is 0 Å². The van der Waals surface area contributed by atoms with Crippen LogP contribution in [0.15, 0.2) is 74.1 Å². The van der Waals surface area contributed by atoms with Gasteiger partial charge in [0.2, 0.25) is 0 Å². The van der Waals surface area contributed by atoms with Crippen LogP contribution < -0.4 is 10.1 Å². The summed E-state index contributed by atoms with van der Waals surface area (Å²) in [5, 5.41) is 12.8. The SMILES string of the molecule is O=C(Nc1ccc(Oc2ccccc2Br)cc1)c1cc(Br)cc(Br)c1O. The summed E-state index contributed by atoms with van der Waals surface area (Å²) in [5.74, 6) is 0.819. The maximum Gasteiger partial charge on any atom is 0.259 e. The fourth-order valence-corrected chi connectivity index (χ4v) is 3.79. The van der Waals surface area contributed by atoms with E-state index in [0.717, 1.165) is 4.47 Å². The van der Waals surface area contributed by atoms with E-state index >= 15 is 0 Å². The van der Waals surface area contributed by atoms with Crippen LogP contribution in [0.1, 0.15) is 10.4 Å². The molecular weight excluding hydrogens is 530 g/mol. The molecule has 3 rings (SSSR count). The van der Waals surface area contributed by atoms with Crippen molar-refractivity contribution in [2.75, 3.05) is 5.32 Å². The molecule has 132 valence electrons. The molecule has 0 aliphatic rings. The monoisotopic (exact) mass is 539 g/mol. The Bertz CT molecular complexity index is 959. The number of hydrogen-bond acceptors (Lipinski definition) is 3. The summed E-state index contributed by atoms with van der Waals surface area (Å²) in [7, 11) is 0. The Morgan fingerprint density at radius 3 is 2.31 bits per heavy atom. The second-order valence-corrected chi connectivity index (χ2v) is 7.92. The highest BCUT2D eigenvalue weighted by Gasteiger charge is 2.15. The minimum absolute atomic E-state index is 0.111. The number of amides is 1. The van der Waals surface area contributed by atoms with Crippen molar-refractivity contribution >= 4 is 59.4 Å². The molecule has 0 saturated heterocycles. The summed E-state index contributed by atoms with van der Waals surface area (Å²) in [4.78, 5) is 12.4. The van der Waals surface area contributed by atoms with Gasteiger partial charge in [0.15, 0.2) is 0 Å². The lowest BCUT2D eigenvalue weighted by molar-refractivity contribution is 0.102. The third-order valence-electron chi connectivity index (χ3n) is 3.45. The Kier molecular flexibility index (Phi) is 6.01. The first-order valence-corrected chi connectivity index (χ1v) is 9.84. The van der Waals surface area contributed by atoms with Crippen molar-refractivity contribution < 1.29 is 14.6 Å². The fourth-order valence-electron chi connectivity index (χ4n) is 2.20. The highest BCUT2D eigenvalue weighted by atomic mass is 79.9. The Balaban J connectivity index is 1.73. The van der Waals surface area contributed by atoms with Crippen LogP contribution in [0, 0.1) is 0 Å². The van der Waals surface area contributed by atoms with Crippen LogP contribution in [0.4, 0.5) is 5.69 Å². The number of halogens is 3. The number of ether oxygens (including phenoxy) is 1.